The predicted molar refractivity (Wildman–Crippen MR) is 144 cm³/mol. The fourth-order valence-corrected chi connectivity index (χ4v) is 4.53. The van der Waals surface area contributed by atoms with Crippen LogP contribution in [-0.4, -0.2) is 45.8 Å². The number of hydrogen-bond acceptors (Lipinski definition) is 6. The normalized spacial score (nSPS) is 11.3. The number of rotatable bonds is 9. The fourth-order valence-electron chi connectivity index (χ4n) is 3.28. The summed E-state index contributed by atoms with van der Waals surface area (Å²) in [6.45, 7) is 1.41. The van der Waals surface area contributed by atoms with Crippen LogP contribution in [0.5, 0.6) is 5.75 Å². The standard InChI is InChI=1S/C25H22ClF4N5O6S/c1-14-3-2-4-17(11-14)42(39,40)35-23(37)32-10-9-31-22(36)15-5-7-20(19(27)12-15)34-24(38)33-16-6-8-21(18(26)13-16)41-25(28,29)30/h2-8,11-13H,9-10H2,1H3,(H,31,36)(H2,32,35,37)(H2,33,34,38). The largest absolute Gasteiger partial charge is 0.573 e. The molecule has 0 aromatic heterocycles. The molecule has 0 aliphatic carbocycles. The van der Waals surface area contributed by atoms with Gasteiger partial charge in [0.2, 0.25) is 0 Å². The molecule has 5 N–H and O–H groups in total. The van der Waals surface area contributed by atoms with E-state index in [0.29, 0.717) is 5.56 Å². The maximum Gasteiger partial charge on any atom is 0.573 e. The van der Waals surface area contributed by atoms with Gasteiger partial charge in [0.25, 0.3) is 15.9 Å². The fraction of sp³-hybridized carbons (Fsp3) is 0.160. The molecule has 3 aromatic rings. The number of carbonyl (C=O) groups excluding carboxylic acids is 3. The minimum absolute atomic E-state index is 0.0153. The van der Waals surface area contributed by atoms with E-state index in [-0.39, 0.29) is 34.9 Å². The molecular weight excluding hydrogens is 610 g/mol. The van der Waals surface area contributed by atoms with Crippen LogP contribution in [0.2, 0.25) is 5.02 Å². The Morgan fingerprint density at radius 1 is 0.905 bits per heavy atom. The number of amides is 5. The highest BCUT2D eigenvalue weighted by molar-refractivity contribution is 7.90. The van der Waals surface area contributed by atoms with Crippen molar-refractivity contribution in [3.63, 3.8) is 0 Å². The van der Waals surface area contributed by atoms with Gasteiger partial charge in [-0.25, -0.2) is 27.1 Å². The van der Waals surface area contributed by atoms with Crippen LogP contribution in [0.4, 0.5) is 38.5 Å². The lowest BCUT2D eigenvalue weighted by Gasteiger charge is -2.13. The molecule has 0 atom stereocenters. The van der Waals surface area contributed by atoms with Gasteiger partial charge < -0.3 is 26.0 Å². The number of benzene rings is 3. The molecule has 0 unspecified atom stereocenters. The third-order valence-electron chi connectivity index (χ3n) is 5.12. The summed E-state index contributed by atoms with van der Waals surface area (Å²) < 4.78 is 81.6. The van der Waals surface area contributed by atoms with E-state index < -0.39 is 50.9 Å². The van der Waals surface area contributed by atoms with Crippen LogP contribution in [0.15, 0.2) is 65.6 Å². The van der Waals surface area contributed by atoms with Crippen molar-refractivity contribution in [2.24, 2.45) is 0 Å². The van der Waals surface area contributed by atoms with E-state index in [1.807, 2.05) is 4.72 Å². The Morgan fingerprint density at radius 3 is 2.26 bits per heavy atom. The molecule has 224 valence electrons. The highest BCUT2D eigenvalue weighted by Gasteiger charge is 2.32. The zero-order chi connectivity index (χ0) is 31.1. The minimum atomic E-state index is -4.96. The van der Waals surface area contributed by atoms with E-state index in [9.17, 15) is 40.4 Å². The number of carbonyl (C=O) groups is 3. The Balaban J connectivity index is 1.46. The predicted octanol–water partition coefficient (Wildman–Crippen LogP) is 4.75. The lowest BCUT2D eigenvalue weighted by Crippen LogP contribution is -2.42. The van der Waals surface area contributed by atoms with Crippen molar-refractivity contribution in [3.8, 4) is 5.75 Å². The smallest absolute Gasteiger partial charge is 0.404 e. The lowest BCUT2D eigenvalue weighted by molar-refractivity contribution is -0.274. The van der Waals surface area contributed by atoms with Gasteiger partial charge in [-0.3, -0.25) is 4.79 Å². The molecule has 0 heterocycles. The molecule has 0 saturated heterocycles. The third kappa shape index (κ3) is 9.52. The molecule has 11 nitrogen and oxygen atoms in total. The van der Waals surface area contributed by atoms with Crippen LogP contribution in [-0.2, 0) is 10.0 Å². The summed E-state index contributed by atoms with van der Waals surface area (Å²) in [5, 5.41) is 8.69. The first kappa shape index (κ1) is 32.0. The summed E-state index contributed by atoms with van der Waals surface area (Å²) in [6, 6.07) is 10.0. The molecule has 5 amide bonds. The molecule has 0 spiro atoms. The summed E-state index contributed by atoms with van der Waals surface area (Å²) in [4.78, 5) is 36.3. The average Bonchev–Trinajstić information content (AvgIpc) is 2.88. The van der Waals surface area contributed by atoms with Gasteiger partial charge in [-0.1, -0.05) is 23.7 Å². The highest BCUT2D eigenvalue weighted by Crippen LogP contribution is 2.32. The first-order valence-corrected chi connectivity index (χ1v) is 13.6. The van der Waals surface area contributed by atoms with Gasteiger partial charge in [0, 0.05) is 24.3 Å². The number of ether oxygens (including phenoxy) is 1. The molecule has 17 heteroatoms. The summed E-state index contributed by atoms with van der Waals surface area (Å²) >= 11 is 5.72. The Kier molecular flexibility index (Phi) is 10.2. The van der Waals surface area contributed by atoms with Crippen LogP contribution in [0.25, 0.3) is 0 Å². The first-order valence-electron chi connectivity index (χ1n) is 11.7. The van der Waals surface area contributed by atoms with Gasteiger partial charge in [-0.05, 0) is 61.0 Å². The summed E-state index contributed by atoms with van der Waals surface area (Å²) in [7, 11) is -4.10. The number of urea groups is 2. The maximum absolute atomic E-state index is 14.5. The third-order valence-corrected chi connectivity index (χ3v) is 6.74. The number of nitrogens with one attached hydrogen (secondary N) is 5. The highest BCUT2D eigenvalue weighted by atomic mass is 35.5. The van der Waals surface area contributed by atoms with Crippen molar-refractivity contribution in [2.45, 2.75) is 18.2 Å². The minimum Gasteiger partial charge on any atom is -0.404 e. The van der Waals surface area contributed by atoms with E-state index in [0.717, 1.165) is 30.3 Å². The van der Waals surface area contributed by atoms with Crippen molar-refractivity contribution in [1.82, 2.24) is 15.4 Å². The Labute approximate surface area is 241 Å². The molecule has 0 aliphatic rings. The van der Waals surface area contributed by atoms with Crippen LogP contribution in [0, 0.1) is 12.7 Å². The van der Waals surface area contributed by atoms with Gasteiger partial charge in [0.1, 0.15) is 11.6 Å². The number of anilines is 2. The summed E-state index contributed by atoms with van der Waals surface area (Å²) in [6.07, 6.45) is -4.96. The van der Waals surface area contributed by atoms with Gasteiger partial charge in [-0.15, -0.1) is 13.2 Å². The SMILES string of the molecule is Cc1cccc(S(=O)(=O)NC(=O)NCCNC(=O)c2ccc(NC(=O)Nc3ccc(OC(F)(F)F)c(Cl)c3)c(F)c2)c1. The lowest BCUT2D eigenvalue weighted by atomic mass is 10.2. The molecule has 0 saturated carbocycles. The Morgan fingerprint density at radius 2 is 1.62 bits per heavy atom. The second-order valence-electron chi connectivity index (χ2n) is 8.40. The number of sulfonamides is 1. The molecule has 0 radical (unpaired) electrons. The van der Waals surface area contributed by atoms with Crippen molar-refractivity contribution >= 4 is 51.0 Å². The molecule has 42 heavy (non-hydrogen) atoms. The second-order valence-corrected chi connectivity index (χ2v) is 10.5. The molecule has 0 bridgehead atoms. The van der Waals surface area contributed by atoms with Crippen molar-refractivity contribution in [3.05, 3.63) is 82.6 Å². The molecule has 0 fully saturated rings. The molecular formula is C25H22ClF4N5O6S. The molecule has 3 rings (SSSR count). The van der Waals surface area contributed by atoms with E-state index in [1.165, 1.54) is 24.3 Å². The Hall–Kier alpha value is -4.57. The number of aryl methyl sites for hydroxylation is 1. The van der Waals surface area contributed by atoms with Crippen molar-refractivity contribution in [1.29, 1.82) is 0 Å². The zero-order valence-corrected chi connectivity index (χ0v) is 23.0. The van der Waals surface area contributed by atoms with Gasteiger partial charge in [0.05, 0.1) is 15.6 Å². The van der Waals surface area contributed by atoms with Crippen LogP contribution in [0.3, 0.4) is 0 Å². The number of alkyl halides is 3. The van der Waals surface area contributed by atoms with Crippen LogP contribution < -0.4 is 30.7 Å². The number of halogens is 5. The summed E-state index contributed by atoms with van der Waals surface area (Å²) in [5.41, 5.74) is 0.220. The monoisotopic (exact) mass is 631 g/mol. The van der Waals surface area contributed by atoms with E-state index in [2.05, 4.69) is 26.0 Å². The van der Waals surface area contributed by atoms with E-state index >= 15 is 0 Å². The van der Waals surface area contributed by atoms with Crippen molar-refractivity contribution < 1.29 is 45.1 Å². The van der Waals surface area contributed by atoms with Gasteiger partial charge in [0.15, 0.2) is 0 Å². The topological polar surface area (TPSA) is 155 Å². The maximum atomic E-state index is 14.5. The second kappa shape index (κ2) is 13.4. The molecule has 0 aliphatic heterocycles. The van der Waals surface area contributed by atoms with Gasteiger partial charge in [-0.2, -0.15) is 0 Å². The van der Waals surface area contributed by atoms with Gasteiger partial charge >= 0.3 is 18.4 Å². The Bertz CT molecular complexity index is 1600. The van der Waals surface area contributed by atoms with Crippen LogP contribution in [0.1, 0.15) is 15.9 Å². The first-order chi connectivity index (χ1) is 19.6. The van der Waals surface area contributed by atoms with E-state index in [4.69, 9.17) is 11.6 Å². The zero-order valence-electron chi connectivity index (χ0n) is 21.4. The van der Waals surface area contributed by atoms with E-state index in [1.54, 1.807) is 13.0 Å². The van der Waals surface area contributed by atoms with Crippen LogP contribution >= 0.6 is 11.6 Å². The average molecular weight is 632 g/mol. The summed E-state index contributed by atoms with van der Waals surface area (Å²) in [5.74, 6) is -2.39. The van der Waals surface area contributed by atoms with Crippen molar-refractivity contribution in [2.75, 3.05) is 23.7 Å². The molecule has 3 aromatic carbocycles. The quantitative estimate of drug-likeness (QED) is 0.170. The number of hydrogen-bond donors (Lipinski definition) is 5.